The number of aromatic nitrogens is 4. The molecule has 0 fully saturated rings. The minimum atomic E-state index is -0.634. The zero-order chi connectivity index (χ0) is 12.4. The first kappa shape index (κ1) is 11.1. The number of carbonyl (C=O) groups excluding carboxylic acids is 1. The third-order valence-electron chi connectivity index (χ3n) is 2.23. The lowest BCUT2D eigenvalue weighted by Crippen LogP contribution is -2.14. The van der Waals surface area contributed by atoms with Crippen molar-refractivity contribution in [2.75, 3.05) is 7.11 Å². The van der Waals surface area contributed by atoms with E-state index in [1.165, 1.54) is 31.2 Å². The molecule has 0 amide bonds. The van der Waals surface area contributed by atoms with Crippen molar-refractivity contribution in [3.05, 3.63) is 34.5 Å². The van der Waals surface area contributed by atoms with Crippen LogP contribution in [0, 0.1) is 0 Å². The van der Waals surface area contributed by atoms with Gasteiger partial charge in [-0.2, -0.15) is 0 Å². The van der Waals surface area contributed by atoms with Crippen LogP contribution in [0.4, 0.5) is 0 Å². The Morgan fingerprint density at radius 3 is 2.65 bits per heavy atom. The molecule has 0 aliphatic carbocycles. The molecule has 7 nitrogen and oxygen atoms in total. The van der Waals surface area contributed by atoms with Gasteiger partial charge in [0.05, 0.1) is 7.11 Å². The molecular weight excluding hydrogens is 224 g/mol. The van der Waals surface area contributed by atoms with Gasteiger partial charge >= 0.3 is 5.97 Å². The predicted octanol–water partition coefficient (Wildman–Crippen LogP) is -0.0430. The summed E-state index contributed by atoms with van der Waals surface area (Å²) >= 11 is 0. The van der Waals surface area contributed by atoms with Crippen LogP contribution in [0.15, 0.2) is 23.3 Å². The fraction of sp³-hybridized carbons (Fsp3) is 0.200. The summed E-state index contributed by atoms with van der Waals surface area (Å²) < 4.78 is 5.77. The largest absolute Gasteiger partial charge is 0.464 e. The van der Waals surface area contributed by atoms with Gasteiger partial charge in [0.15, 0.2) is 11.5 Å². The minimum Gasteiger partial charge on any atom is -0.464 e. The van der Waals surface area contributed by atoms with Crippen LogP contribution in [0.5, 0.6) is 0 Å². The van der Waals surface area contributed by atoms with E-state index in [4.69, 9.17) is 0 Å². The number of carbonyl (C=O) groups is 1. The van der Waals surface area contributed by atoms with Gasteiger partial charge in [-0.05, 0) is 6.07 Å². The van der Waals surface area contributed by atoms with Crippen LogP contribution in [0.2, 0.25) is 0 Å². The molecule has 1 N–H and O–H groups in total. The molecule has 0 bridgehead atoms. The molecule has 2 heterocycles. The van der Waals surface area contributed by atoms with Crippen molar-refractivity contribution in [3.8, 4) is 11.4 Å². The molecule has 2 aromatic heterocycles. The Labute approximate surface area is 96.1 Å². The van der Waals surface area contributed by atoms with Gasteiger partial charge in [-0.1, -0.05) is 0 Å². The molecule has 0 atom stereocenters. The standard InChI is InChI=1S/C10H10N4O3/c1-14-9(15)6(7(13-14)10(16)17-2)8-11-4-3-5-12-8/h3-5,13H,1-2H3. The van der Waals surface area contributed by atoms with Gasteiger partial charge in [-0.15, -0.1) is 0 Å². The van der Waals surface area contributed by atoms with E-state index in [-0.39, 0.29) is 22.6 Å². The Balaban J connectivity index is 2.68. The van der Waals surface area contributed by atoms with E-state index in [2.05, 4.69) is 19.8 Å². The highest BCUT2D eigenvalue weighted by molar-refractivity contribution is 5.93. The number of ether oxygens (including phenoxy) is 1. The lowest BCUT2D eigenvalue weighted by molar-refractivity contribution is 0.0594. The predicted molar refractivity (Wildman–Crippen MR) is 58.4 cm³/mol. The lowest BCUT2D eigenvalue weighted by Gasteiger charge is -1.98. The van der Waals surface area contributed by atoms with E-state index in [1.807, 2.05) is 0 Å². The van der Waals surface area contributed by atoms with E-state index in [1.54, 1.807) is 6.07 Å². The second kappa shape index (κ2) is 4.20. The highest BCUT2D eigenvalue weighted by atomic mass is 16.5. The molecule has 88 valence electrons. The summed E-state index contributed by atoms with van der Waals surface area (Å²) in [6.45, 7) is 0. The average Bonchev–Trinajstić information content (AvgIpc) is 2.66. The van der Waals surface area contributed by atoms with E-state index < -0.39 is 5.97 Å². The summed E-state index contributed by atoms with van der Waals surface area (Å²) in [5.41, 5.74) is -0.220. The van der Waals surface area contributed by atoms with Crippen molar-refractivity contribution in [2.24, 2.45) is 7.05 Å². The first-order valence-electron chi connectivity index (χ1n) is 4.80. The highest BCUT2D eigenvalue weighted by Crippen LogP contribution is 2.14. The number of aromatic amines is 1. The molecular formula is C10H10N4O3. The third-order valence-corrected chi connectivity index (χ3v) is 2.23. The van der Waals surface area contributed by atoms with Crippen molar-refractivity contribution in [1.82, 2.24) is 19.7 Å². The topological polar surface area (TPSA) is 89.9 Å². The molecule has 0 saturated carbocycles. The Morgan fingerprint density at radius 1 is 1.41 bits per heavy atom. The van der Waals surface area contributed by atoms with Gasteiger partial charge in [0, 0.05) is 19.4 Å². The Hall–Kier alpha value is -2.44. The van der Waals surface area contributed by atoms with Crippen LogP contribution >= 0.6 is 0 Å². The summed E-state index contributed by atoms with van der Waals surface area (Å²) in [4.78, 5) is 31.3. The number of esters is 1. The molecule has 0 spiro atoms. The number of nitrogens with zero attached hydrogens (tertiary/aromatic N) is 3. The lowest BCUT2D eigenvalue weighted by atomic mass is 10.2. The molecule has 7 heteroatoms. The number of nitrogens with one attached hydrogen (secondary N) is 1. The normalized spacial score (nSPS) is 10.2. The number of methoxy groups -OCH3 is 1. The molecule has 0 aliphatic heterocycles. The summed E-state index contributed by atoms with van der Waals surface area (Å²) in [5, 5.41) is 2.61. The number of rotatable bonds is 2. The van der Waals surface area contributed by atoms with Crippen molar-refractivity contribution < 1.29 is 9.53 Å². The van der Waals surface area contributed by atoms with E-state index in [0.29, 0.717) is 0 Å². The SMILES string of the molecule is COC(=O)c1[nH]n(C)c(=O)c1-c1ncccn1. The summed E-state index contributed by atoms with van der Waals surface area (Å²) in [6.07, 6.45) is 2.99. The molecule has 17 heavy (non-hydrogen) atoms. The van der Waals surface area contributed by atoms with E-state index >= 15 is 0 Å². The summed E-state index contributed by atoms with van der Waals surface area (Å²) in [7, 11) is 2.74. The maximum Gasteiger partial charge on any atom is 0.356 e. The summed E-state index contributed by atoms with van der Waals surface area (Å²) in [6, 6.07) is 1.62. The van der Waals surface area contributed by atoms with Gasteiger partial charge in [-0.3, -0.25) is 14.6 Å². The second-order valence-electron chi connectivity index (χ2n) is 3.29. The molecule has 0 unspecified atom stereocenters. The van der Waals surface area contributed by atoms with Crippen molar-refractivity contribution in [3.63, 3.8) is 0 Å². The molecule has 0 aromatic carbocycles. The summed E-state index contributed by atoms with van der Waals surface area (Å²) in [5.74, 6) is -0.445. The third kappa shape index (κ3) is 1.82. The Kier molecular flexibility index (Phi) is 2.73. The Morgan fingerprint density at radius 2 is 2.06 bits per heavy atom. The number of H-pyrrole nitrogens is 1. The van der Waals surface area contributed by atoms with Crippen LogP contribution in [-0.4, -0.2) is 32.8 Å². The zero-order valence-electron chi connectivity index (χ0n) is 9.30. The zero-order valence-corrected chi connectivity index (χ0v) is 9.30. The average molecular weight is 234 g/mol. The van der Waals surface area contributed by atoms with E-state index in [0.717, 1.165) is 0 Å². The van der Waals surface area contributed by atoms with Crippen LogP contribution in [0.25, 0.3) is 11.4 Å². The molecule has 2 aromatic rings. The number of hydrogen-bond acceptors (Lipinski definition) is 5. The van der Waals surface area contributed by atoms with Gasteiger partial charge < -0.3 is 4.74 Å². The van der Waals surface area contributed by atoms with Crippen LogP contribution in [-0.2, 0) is 11.8 Å². The first-order chi connectivity index (χ1) is 8.15. The van der Waals surface area contributed by atoms with Crippen molar-refractivity contribution in [1.29, 1.82) is 0 Å². The van der Waals surface area contributed by atoms with E-state index in [9.17, 15) is 9.59 Å². The smallest absolute Gasteiger partial charge is 0.356 e. The molecule has 0 radical (unpaired) electrons. The fourth-order valence-electron chi connectivity index (χ4n) is 1.43. The number of aryl methyl sites for hydroxylation is 1. The van der Waals surface area contributed by atoms with Gasteiger partial charge in [-0.25, -0.2) is 14.8 Å². The second-order valence-corrected chi connectivity index (χ2v) is 3.29. The number of hydrogen-bond donors (Lipinski definition) is 1. The fourth-order valence-corrected chi connectivity index (χ4v) is 1.43. The van der Waals surface area contributed by atoms with Crippen molar-refractivity contribution >= 4 is 5.97 Å². The van der Waals surface area contributed by atoms with Gasteiger partial charge in [0.1, 0.15) is 5.56 Å². The molecule has 0 aliphatic rings. The quantitative estimate of drug-likeness (QED) is 0.736. The monoisotopic (exact) mass is 234 g/mol. The maximum atomic E-state index is 11.9. The van der Waals surface area contributed by atoms with Crippen LogP contribution in [0.3, 0.4) is 0 Å². The minimum absolute atomic E-state index is 0.0474. The highest BCUT2D eigenvalue weighted by Gasteiger charge is 2.22. The van der Waals surface area contributed by atoms with Crippen LogP contribution < -0.4 is 5.56 Å². The maximum absolute atomic E-state index is 11.9. The van der Waals surface area contributed by atoms with Gasteiger partial charge in [0.2, 0.25) is 0 Å². The Bertz CT molecular complexity index is 600. The first-order valence-corrected chi connectivity index (χ1v) is 4.80. The van der Waals surface area contributed by atoms with Gasteiger partial charge in [0.25, 0.3) is 5.56 Å². The molecule has 2 rings (SSSR count). The van der Waals surface area contributed by atoms with Crippen molar-refractivity contribution in [2.45, 2.75) is 0 Å². The molecule has 0 saturated heterocycles. The van der Waals surface area contributed by atoms with Crippen LogP contribution in [0.1, 0.15) is 10.5 Å².